The van der Waals surface area contributed by atoms with Crippen LogP contribution in [0.15, 0.2) is 0 Å². The normalized spacial score (nSPS) is 12.2. The van der Waals surface area contributed by atoms with Gasteiger partial charge in [-0.2, -0.15) is 0 Å². The number of ether oxygens (including phenoxy) is 1. The second-order valence-electron chi connectivity index (χ2n) is 2.53. The van der Waals surface area contributed by atoms with Gasteiger partial charge >= 0.3 is 5.97 Å². The molecule has 0 saturated carbocycles. The van der Waals surface area contributed by atoms with Crippen molar-refractivity contribution in [1.82, 2.24) is 5.32 Å². The first-order valence-corrected chi connectivity index (χ1v) is 3.64. The number of rotatable bonds is 5. The summed E-state index contributed by atoms with van der Waals surface area (Å²) in [7, 11) is 1.31. The molecule has 12 heavy (non-hydrogen) atoms. The Kier molecular flexibility index (Phi) is 5.03. The van der Waals surface area contributed by atoms with Crippen LogP contribution in [0.1, 0.15) is 13.3 Å². The number of esters is 1. The number of nitrogens with one attached hydrogen (secondary N) is 1. The smallest absolute Gasteiger partial charge is 0.319 e. The van der Waals surface area contributed by atoms with E-state index in [0.717, 1.165) is 0 Å². The molecule has 1 unspecified atom stereocenters. The summed E-state index contributed by atoms with van der Waals surface area (Å²) in [5, 5.41) is 2.79. The van der Waals surface area contributed by atoms with Gasteiger partial charge in [0.15, 0.2) is 0 Å². The van der Waals surface area contributed by atoms with Crippen molar-refractivity contribution in [3.63, 3.8) is 0 Å². The molecule has 0 aromatic carbocycles. The second-order valence-corrected chi connectivity index (χ2v) is 2.53. The summed E-state index contributed by atoms with van der Waals surface area (Å²) in [6.07, 6.45) is 0.219. The Morgan fingerprint density at radius 1 is 1.58 bits per heavy atom. The Hall–Kier alpha value is -1.10. The molecule has 0 spiro atoms. The lowest BCUT2D eigenvalue weighted by Gasteiger charge is -2.09. The molecule has 70 valence electrons. The largest absolute Gasteiger partial charge is 0.468 e. The van der Waals surface area contributed by atoms with Crippen LogP contribution in [0.3, 0.4) is 0 Å². The SMILES string of the molecule is COC(=O)CNC(C)CC(N)=O. The van der Waals surface area contributed by atoms with Crippen LogP contribution in [0, 0.1) is 0 Å². The molecule has 0 radical (unpaired) electrons. The summed E-state index contributed by atoms with van der Waals surface area (Å²) in [4.78, 5) is 21.0. The van der Waals surface area contributed by atoms with Crippen molar-refractivity contribution < 1.29 is 14.3 Å². The van der Waals surface area contributed by atoms with Gasteiger partial charge in [-0.05, 0) is 6.92 Å². The molecule has 0 aromatic rings. The van der Waals surface area contributed by atoms with Crippen molar-refractivity contribution in [3.8, 4) is 0 Å². The zero-order chi connectivity index (χ0) is 9.56. The van der Waals surface area contributed by atoms with Crippen molar-refractivity contribution >= 4 is 11.9 Å². The van der Waals surface area contributed by atoms with E-state index < -0.39 is 0 Å². The molecule has 5 heteroatoms. The quantitative estimate of drug-likeness (QED) is 0.524. The molecule has 3 N–H and O–H groups in total. The standard InChI is InChI=1S/C7H14N2O3/c1-5(3-6(8)10)9-4-7(11)12-2/h5,9H,3-4H2,1-2H3,(H2,8,10). The van der Waals surface area contributed by atoms with E-state index in [-0.39, 0.29) is 30.9 Å². The minimum absolute atomic E-state index is 0.0957. The Morgan fingerprint density at radius 3 is 2.58 bits per heavy atom. The van der Waals surface area contributed by atoms with Gasteiger partial charge in [0.05, 0.1) is 13.7 Å². The van der Waals surface area contributed by atoms with Gasteiger partial charge in [-0.3, -0.25) is 9.59 Å². The average molecular weight is 174 g/mol. The van der Waals surface area contributed by atoms with E-state index in [1.54, 1.807) is 6.92 Å². The maximum absolute atomic E-state index is 10.6. The lowest BCUT2D eigenvalue weighted by Crippen LogP contribution is -2.35. The minimum atomic E-state index is -0.389. The molecule has 0 fully saturated rings. The molecule has 0 bridgehead atoms. The van der Waals surface area contributed by atoms with Crippen LogP contribution in [-0.2, 0) is 14.3 Å². The van der Waals surface area contributed by atoms with Crippen LogP contribution in [0.5, 0.6) is 0 Å². The molecule has 5 nitrogen and oxygen atoms in total. The van der Waals surface area contributed by atoms with Crippen molar-refractivity contribution in [2.45, 2.75) is 19.4 Å². The Bertz CT molecular complexity index is 170. The summed E-state index contributed by atoms with van der Waals surface area (Å²) >= 11 is 0. The second kappa shape index (κ2) is 5.54. The summed E-state index contributed by atoms with van der Waals surface area (Å²) in [6.45, 7) is 1.87. The molecule has 0 saturated heterocycles. The van der Waals surface area contributed by atoms with E-state index in [4.69, 9.17) is 5.73 Å². The fourth-order valence-electron chi connectivity index (χ4n) is 0.704. The number of hydrogen-bond donors (Lipinski definition) is 2. The highest BCUT2D eigenvalue weighted by molar-refractivity contribution is 5.74. The van der Waals surface area contributed by atoms with Crippen LogP contribution in [-0.4, -0.2) is 31.6 Å². The monoisotopic (exact) mass is 174 g/mol. The highest BCUT2D eigenvalue weighted by Gasteiger charge is 2.07. The van der Waals surface area contributed by atoms with Crippen molar-refractivity contribution in [2.75, 3.05) is 13.7 Å². The van der Waals surface area contributed by atoms with Crippen molar-refractivity contribution in [1.29, 1.82) is 0 Å². The zero-order valence-corrected chi connectivity index (χ0v) is 7.29. The molecule has 0 heterocycles. The van der Waals surface area contributed by atoms with E-state index in [1.165, 1.54) is 7.11 Å². The first-order valence-electron chi connectivity index (χ1n) is 3.64. The Morgan fingerprint density at radius 2 is 2.17 bits per heavy atom. The number of nitrogens with two attached hydrogens (primary N) is 1. The average Bonchev–Trinajstić information content (AvgIpc) is 1.99. The summed E-state index contributed by atoms with van der Waals surface area (Å²) in [5.41, 5.74) is 4.94. The maximum Gasteiger partial charge on any atom is 0.319 e. The van der Waals surface area contributed by atoms with Gasteiger partial charge in [0.25, 0.3) is 0 Å². The molecule has 0 rings (SSSR count). The number of primary amides is 1. The van der Waals surface area contributed by atoms with Gasteiger partial charge in [-0.1, -0.05) is 0 Å². The number of hydrogen-bond acceptors (Lipinski definition) is 4. The van der Waals surface area contributed by atoms with Crippen LogP contribution in [0.25, 0.3) is 0 Å². The van der Waals surface area contributed by atoms with E-state index in [2.05, 4.69) is 10.1 Å². The molecular weight excluding hydrogens is 160 g/mol. The third-order valence-electron chi connectivity index (χ3n) is 1.33. The van der Waals surface area contributed by atoms with Crippen molar-refractivity contribution in [2.24, 2.45) is 5.73 Å². The van der Waals surface area contributed by atoms with E-state index in [1.807, 2.05) is 0 Å². The van der Waals surface area contributed by atoms with Gasteiger partial charge in [0.2, 0.25) is 5.91 Å². The fourth-order valence-corrected chi connectivity index (χ4v) is 0.704. The number of carbonyl (C=O) groups is 2. The van der Waals surface area contributed by atoms with E-state index >= 15 is 0 Å². The molecule has 0 aliphatic rings. The van der Waals surface area contributed by atoms with Crippen LogP contribution in [0.2, 0.25) is 0 Å². The molecule has 0 aromatic heterocycles. The minimum Gasteiger partial charge on any atom is -0.468 e. The lowest BCUT2D eigenvalue weighted by molar-refractivity contribution is -0.139. The predicted octanol–water partition coefficient (Wildman–Crippen LogP) is -0.987. The van der Waals surface area contributed by atoms with E-state index in [0.29, 0.717) is 0 Å². The summed E-state index contributed by atoms with van der Waals surface area (Å²) in [6, 6.07) is -0.0957. The Balaban J connectivity index is 3.50. The number of methoxy groups -OCH3 is 1. The number of carbonyl (C=O) groups excluding carboxylic acids is 2. The predicted molar refractivity (Wildman–Crippen MR) is 43.3 cm³/mol. The molecule has 1 amide bonds. The van der Waals surface area contributed by atoms with Crippen molar-refractivity contribution in [3.05, 3.63) is 0 Å². The van der Waals surface area contributed by atoms with Gasteiger partial charge in [-0.25, -0.2) is 0 Å². The molecular formula is C7H14N2O3. The molecule has 0 aliphatic heterocycles. The fraction of sp³-hybridized carbons (Fsp3) is 0.714. The van der Waals surface area contributed by atoms with Crippen LogP contribution >= 0.6 is 0 Å². The third-order valence-corrected chi connectivity index (χ3v) is 1.33. The van der Waals surface area contributed by atoms with E-state index in [9.17, 15) is 9.59 Å². The summed E-state index contributed by atoms with van der Waals surface area (Å²) < 4.78 is 4.39. The van der Waals surface area contributed by atoms with Crippen LogP contribution in [0.4, 0.5) is 0 Å². The highest BCUT2D eigenvalue weighted by Crippen LogP contribution is 1.87. The first-order chi connectivity index (χ1) is 5.56. The summed E-state index contributed by atoms with van der Waals surface area (Å²) in [5.74, 6) is -0.744. The maximum atomic E-state index is 10.6. The van der Waals surface area contributed by atoms with Crippen LogP contribution < -0.4 is 11.1 Å². The molecule has 1 atom stereocenters. The van der Waals surface area contributed by atoms with Gasteiger partial charge in [0, 0.05) is 12.5 Å². The van der Waals surface area contributed by atoms with Gasteiger partial charge in [-0.15, -0.1) is 0 Å². The zero-order valence-electron chi connectivity index (χ0n) is 7.29. The third kappa shape index (κ3) is 5.67. The molecule has 0 aliphatic carbocycles. The topological polar surface area (TPSA) is 81.4 Å². The van der Waals surface area contributed by atoms with Gasteiger partial charge in [0.1, 0.15) is 0 Å². The lowest BCUT2D eigenvalue weighted by atomic mass is 10.2. The first kappa shape index (κ1) is 10.9. The number of amides is 1. The highest BCUT2D eigenvalue weighted by atomic mass is 16.5. The van der Waals surface area contributed by atoms with Gasteiger partial charge < -0.3 is 15.8 Å². The Labute approximate surface area is 71.3 Å².